The molecule has 2 N–H and O–H groups in total. The molecule has 2 fully saturated rings. The number of esters is 1. The van der Waals surface area contributed by atoms with E-state index in [1.807, 2.05) is 0 Å². The van der Waals surface area contributed by atoms with Gasteiger partial charge in [-0.05, 0) is 19.3 Å². The largest absolute Gasteiger partial charge is 0.481 e. The van der Waals surface area contributed by atoms with Crippen molar-refractivity contribution in [3.63, 3.8) is 0 Å². The monoisotopic (exact) mass is 360 g/mol. The summed E-state index contributed by atoms with van der Waals surface area (Å²) in [5.41, 5.74) is 0. The molecule has 0 aromatic heterocycles. The number of carboxylic acid groups (broad SMARTS) is 2. The minimum Gasteiger partial charge on any atom is -0.481 e. The predicted molar refractivity (Wildman–Crippen MR) is 82.1 cm³/mol. The Kier molecular flexibility index (Phi) is 7.60. The zero-order chi connectivity index (χ0) is 18.2. The van der Waals surface area contributed by atoms with Crippen LogP contribution in [0.5, 0.6) is 0 Å². The van der Waals surface area contributed by atoms with Gasteiger partial charge in [-0.1, -0.05) is 0 Å². The highest BCUT2D eigenvalue weighted by molar-refractivity contribution is 5.71. The highest BCUT2D eigenvalue weighted by Gasteiger charge is 2.49. The first-order valence-electron chi connectivity index (χ1n) is 8.45. The number of ether oxygens (including phenoxy) is 4. The van der Waals surface area contributed by atoms with E-state index in [1.54, 1.807) is 0 Å². The van der Waals surface area contributed by atoms with E-state index in [-0.39, 0.29) is 50.6 Å². The Morgan fingerprint density at radius 3 is 2.12 bits per heavy atom. The smallest absolute Gasteiger partial charge is 0.306 e. The first-order valence-corrected chi connectivity index (χ1v) is 8.45. The summed E-state index contributed by atoms with van der Waals surface area (Å²) >= 11 is 0. The van der Waals surface area contributed by atoms with Gasteiger partial charge in [-0.25, -0.2) is 0 Å². The van der Waals surface area contributed by atoms with Crippen molar-refractivity contribution in [2.24, 2.45) is 0 Å². The van der Waals surface area contributed by atoms with Gasteiger partial charge in [0.1, 0.15) is 18.3 Å². The molecular formula is C16H24O9. The van der Waals surface area contributed by atoms with Crippen LogP contribution in [0.15, 0.2) is 0 Å². The number of fused-ring (bicyclic) bond motifs is 1. The van der Waals surface area contributed by atoms with Gasteiger partial charge in [0.25, 0.3) is 0 Å². The molecule has 0 bridgehead atoms. The summed E-state index contributed by atoms with van der Waals surface area (Å²) in [6.45, 7) is 0.980. The highest BCUT2D eigenvalue weighted by Crippen LogP contribution is 2.31. The maximum atomic E-state index is 11.7. The van der Waals surface area contributed by atoms with Gasteiger partial charge < -0.3 is 29.2 Å². The van der Waals surface area contributed by atoms with E-state index in [0.29, 0.717) is 26.1 Å². The molecule has 0 spiro atoms. The second-order valence-electron chi connectivity index (χ2n) is 6.13. The summed E-state index contributed by atoms with van der Waals surface area (Å²) in [5.74, 6) is -2.23. The highest BCUT2D eigenvalue weighted by atomic mass is 16.7. The predicted octanol–water partition coefficient (Wildman–Crippen LogP) is 0.591. The van der Waals surface area contributed by atoms with Crippen molar-refractivity contribution in [1.82, 2.24) is 0 Å². The summed E-state index contributed by atoms with van der Waals surface area (Å²) in [4.78, 5) is 32.6. The first kappa shape index (κ1) is 19.6. The summed E-state index contributed by atoms with van der Waals surface area (Å²) in [5, 5.41) is 17.1. The molecule has 0 saturated carbocycles. The lowest BCUT2D eigenvalue weighted by Crippen LogP contribution is -2.35. The summed E-state index contributed by atoms with van der Waals surface area (Å²) < 4.78 is 22.3. The number of unbranched alkanes of at least 4 members (excludes halogenated alkanes) is 1. The molecule has 2 rings (SSSR count). The Morgan fingerprint density at radius 2 is 1.44 bits per heavy atom. The zero-order valence-electron chi connectivity index (χ0n) is 13.9. The lowest BCUT2D eigenvalue weighted by atomic mass is 10.1. The van der Waals surface area contributed by atoms with Crippen molar-refractivity contribution in [3.05, 3.63) is 0 Å². The van der Waals surface area contributed by atoms with Crippen LogP contribution in [-0.4, -0.2) is 72.4 Å². The van der Waals surface area contributed by atoms with Gasteiger partial charge in [0, 0.05) is 25.9 Å². The van der Waals surface area contributed by atoms with Crippen LogP contribution in [0.2, 0.25) is 0 Å². The van der Waals surface area contributed by atoms with E-state index < -0.39 is 24.0 Å². The van der Waals surface area contributed by atoms with E-state index >= 15 is 0 Å². The van der Waals surface area contributed by atoms with Crippen LogP contribution in [0, 0.1) is 0 Å². The van der Waals surface area contributed by atoms with Crippen LogP contribution in [-0.2, 0) is 33.3 Å². The summed E-state index contributed by atoms with van der Waals surface area (Å²) in [6, 6.07) is 0. The molecule has 0 aliphatic carbocycles. The maximum Gasteiger partial charge on any atom is 0.306 e. The molecule has 0 aromatic rings. The number of carboxylic acids is 2. The Hall–Kier alpha value is -1.71. The second-order valence-corrected chi connectivity index (χ2v) is 6.13. The van der Waals surface area contributed by atoms with Gasteiger partial charge in [0.2, 0.25) is 0 Å². The molecular weight excluding hydrogens is 336 g/mol. The van der Waals surface area contributed by atoms with Crippen LogP contribution in [0.3, 0.4) is 0 Å². The third-order valence-electron chi connectivity index (χ3n) is 4.13. The molecule has 9 nitrogen and oxygen atoms in total. The van der Waals surface area contributed by atoms with Crippen molar-refractivity contribution >= 4 is 17.9 Å². The van der Waals surface area contributed by atoms with Gasteiger partial charge >= 0.3 is 17.9 Å². The van der Waals surface area contributed by atoms with Crippen LogP contribution in [0.25, 0.3) is 0 Å². The van der Waals surface area contributed by atoms with E-state index in [0.717, 1.165) is 0 Å². The Labute approximate surface area is 145 Å². The van der Waals surface area contributed by atoms with Gasteiger partial charge in [-0.15, -0.1) is 0 Å². The zero-order valence-corrected chi connectivity index (χ0v) is 13.9. The molecule has 2 aliphatic rings. The van der Waals surface area contributed by atoms with Crippen molar-refractivity contribution in [3.8, 4) is 0 Å². The van der Waals surface area contributed by atoms with Gasteiger partial charge in [-0.3, -0.25) is 14.4 Å². The normalized spacial score (nSPS) is 27.8. The average Bonchev–Trinajstić information content (AvgIpc) is 3.10. The Balaban J connectivity index is 1.66. The minimum atomic E-state index is -0.945. The van der Waals surface area contributed by atoms with Crippen molar-refractivity contribution < 1.29 is 43.5 Å². The number of carbonyl (C=O) groups excluding carboxylic acids is 1. The van der Waals surface area contributed by atoms with Crippen molar-refractivity contribution in [2.45, 2.75) is 62.9 Å². The molecule has 4 unspecified atom stereocenters. The molecule has 2 aliphatic heterocycles. The minimum absolute atomic E-state index is 0.0453. The fraction of sp³-hybridized carbons (Fsp3) is 0.812. The first-order chi connectivity index (χ1) is 12.0. The quantitative estimate of drug-likeness (QED) is 0.402. The molecule has 9 heteroatoms. The number of rotatable bonds is 11. The van der Waals surface area contributed by atoms with E-state index in [9.17, 15) is 14.4 Å². The van der Waals surface area contributed by atoms with Crippen molar-refractivity contribution in [2.75, 3.05) is 19.8 Å². The number of hydrogen-bond donors (Lipinski definition) is 2. The Morgan fingerprint density at radius 1 is 0.840 bits per heavy atom. The average molecular weight is 360 g/mol. The van der Waals surface area contributed by atoms with E-state index in [2.05, 4.69) is 0 Å². The van der Waals surface area contributed by atoms with Crippen LogP contribution < -0.4 is 0 Å². The van der Waals surface area contributed by atoms with Gasteiger partial charge in [0.15, 0.2) is 6.10 Å². The van der Waals surface area contributed by atoms with E-state index in [4.69, 9.17) is 29.2 Å². The molecule has 2 saturated heterocycles. The second kappa shape index (κ2) is 9.69. The van der Waals surface area contributed by atoms with Crippen LogP contribution >= 0.6 is 0 Å². The molecule has 2 heterocycles. The molecule has 142 valence electrons. The lowest BCUT2D eigenvalue weighted by Gasteiger charge is -2.17. The fourth-order valence-corrected chi connectivity index (χ4v) is 2.90. The summed E-state index contributed by atoms with van der Waals surface area (Å²) in [7, 11) is 0. The SMILES string of the molecule is O=C(O)CCCCOC1COC2C(OC(=O)CCCC(=O)O)COC12. The Bertz CT molecular complexity index is 478. The standard InChI is InChI=1S/C16H24O9/c17-12(18)4-1-2-7-22-10-8-23-16-11(9-24-15(10)16)25-14(21)6-3-5-13(19)20/h10-11,15-16H,1-9H2,(H,17,18)(H,19,20). The molecule has 0 aromatic carbocycles. The number of hydrogen-bond acceptors (Lipinski definition) is 7. The van der Waals surface area contributed by atoms with Gasteiger partial charge in [-0.2, -0.15) is 0 Å². The van der Waals surface area contributed by atoms with Crippen molar-refractivity contribution in [1.29, 1.82) is 0 Å². The summed E-state index contributed by atoms with van der Waals surface area (Å²) in [6.07, 6.45) is 0.0556. The maximum absolute atomic E-state index is 11.7. The third kappa shape index (κ3) is 6.26. The lowest BCUT2D eigenvalue weighted by molar-refractivity contribution is -0.154. The molecule has 4 atom stereocenters. The molecule has 25 heavy (non-hydrogen) atoms. The van der Waals surface area contributed by atoms with E-state index in [1.165, 1.54) is 0 Å². The van der Waals surface area contributed by atoms with Gasteiger partial charge in [0.05, 0.1) is 13.2 Å². The number of aliphatic carboxylic acids is 2. The topological polar surface area (TPSA) is 129 Å². The van der Waals surface area contributed by atoms with Crippen LogP contribution in [0.4, 0.5) is 0 Å². The molecule has 0 amide bonds. The third-order valence-corrected chi connectivity index (χ3v) is 4.13. The molecule has 0 radical (unpaired) electrons. The number of carbonyl (C=O) groups is 3. The fourth-order valence-electron chi connectivity index (χ4n) is 2.90. The van der Waals surface area contributed by atoms with Crippen LogP contribution in [0.1, 0.15) is 38.5 Å².